The molecule has 0 saturated carbocycles. The number of hydrogen-bond donors (Lipinski definition) is 3. The predicted octanol–water partition coefficient (Wildman–Crippen LogP) is 0.334. The SMILES string of the molecule is CC(O)(CNS(=O)(=O)c1cc2c(cc1Br)OCCO2)C(=O)O. The summed E-state index contributed by atoms with van der Waals surface area (Å²) in [5.74, 6) is -0.842. The summed E-state index contributed by atoms with van der Waals surface area (Å²) >= 11 is 3.13. The number of rotatable bonds is 5. The second kappa shape index (κ2) is 6.03. The lowest BCUT2D eigenvalue weighted by molar-refractivity contribution is -0.155. The molecule has 3 N–H and O–H groups in total. The van der Waals surface area contributed by atoms with Crippen molar-refractivity contribution in [2.75, 3.05) is 19.8 Å². The van der Waals surface area contributed by atoms with Crippen LogP contribution in [-0.4, -0.2) is 50.0 Å². The van der Waals surface area contributed by atoms with E-state index in [0.29, 0.717) is 19.0 Å². The van der Waals surface area contributed by atoms with Gasteiger partial charge in [-0.3, -0.25) is 0 Å². The van der Waals surface area contributed by atoms with Crippen LogP contribution in [0, 0.1) is 0 Å². The van der Waals surface area contributed by atoms with Gasteiger partial charge >= 0.3 is 5.97 Å². The molecule has 0 amide bonds. The molecule has 1 aliphatic rings. The number of nitrogens with one attached hydrogen (secondary N) is 1. The van der Waals surface area contributed by atoms with E-state index in [1.165, 1.54) is 12.1 Å². The van der Waals surface area contributed by atoms with Gasteiger partial charge < -0.3 is 19.7 Å². The average Bonchev–Trinajstić information content (AvgIpc) is 2.44. The molecular formula is C12H14BrNO7S. The monoisotopic (exact) mass is 395 g/mol. The lowest BCUT2D eigenvalue weighted by atomic mass is 10.1. The number of aliphatic hydroxyl groups is 1. The Balaban J connectivity index is 2.28. The van der Waals surface area contributed by atoms with Crippen LogP contribution in [0.15, 0.2) is 21.5 Å². The van der Waals surface area contributed by atoms with Crippen molar-refractivity contribution in [2.45, 2.75) is 17.4 Å². The number of sulfonamides is 1. The molecule has 10 heteroatoms. The first kappa shape index (κ1) is 17.0. The van der Waals surface area contributed by atoms with E-state index in [2.05, 4.69) is 20.7 Å². The zero-order valence-corrected chi connectivity index (χ0v) is 13.9. The molecule has 22 heavy (non-hydrogen) atoms. The Labute approximate surface area is 135 Å². The number of ether oxygens (including phenoxy) is 2. The van der Waals surface area contributed by atoms with Crippen molar-refractivity contribution < 1.29 is 32.9 Å². The van der Waals surface area contributed by atoms with Gasteiger partial charge in [0.25, 0.3) is 0 Å². The lowest BCUT2D eigenvalue weighted by Crippen LogP contribution is -2.46. The molecule has 1 aromatic rings. The maximum atomic E-state index is 12.3. The van der Waals surface area contributed by atoms with Gasteiger partial charge in [0.2, 0.25) is 10.0 Å². The highest BCUT2D eigenvalue weighted by Crippen LogP contribution is 2.37. The Bertz CT molecular complexity index is 702. The lowest BCUT2D eigenvalue weighted by Gasteiger charge is -2.21. The first-order valence-corrected chi connectivity index (χ1v) is 8.46. The molecule has 0 bridgehead atoms. The van der Waals surface area contributed by atoms with Gasteiger partial charge in [0.15, 0.2) is 17.1 Å². The van der Waals surface area contributed by atoms with Crippen LogP contribution in [0.2, 0.25) is 0 Å². The van der Waals surface area contributed by atoms with Crippen LogP contribution in [0.3, 0.4) is 0 Å². The van der Waals surface area contributed by atoms with E-state index in [4.69, 9.17) is 14.6 Å². The summed E-state index contributed by atoms with van der Waals surface area (Å²) in [5, 5.41) is 18.4. The molecule has 0 spiro atoms. The number of carboxylic acid groups (broad SMARTS) is 1. The minimum absolute atomic E-state index is 0.141. The number of fused-ring (bicyclic) bond motifs is 1. The fourth-order valence-electron chi connectivity index (χ4n) is 1.64. The van der Waals surface area contributed by atoms with Crippen molar-refractivity contribution >= 4 is 31.9 Å². The number of hydrogen-bond acceptors (Lipinski definition) is 6. The molecule has 0 aromatic heterocycles. The van der Waals surface area contributed by atoms with Gasteiger partial charge in [-0.25, -0.2) is 17.9 Å². The highest BCUT2D eigenvalue weighted by atomic mass is 79.9. The normalized spacial score (nSPS) is 16.9. The van der Waals surface area contributed by atoms with Gasteiger partial charge in [-0.2, -0.15) is 0 Å². The number of carbonyl (C=O) groups is 1. The zero-order chi connectivity index (χ0) is 16.5. The maximum absolute atomic E-state index is 12.3. The summed E-state index contributed by atoms with van der Waals surface area (Å²) in [7, 11) is -4.05. The maximum Gasteiger partial charge on any atom is 0.336 e. The summed E-state index contributed by atoms with van der Waals surface area (Å²) in [6, 6.07) is 2.73. The third-order valence-electron chi connectivity index (χ3n) is 2.95. The Kier molecular flexibility index (Phi) is 4.66. The summed E-state index contributed by atoms with van der Waals surface area (Å²) < 4.78 is 37.5. The molecule has 0 aliphatic carbocycles. The Morgan fingerprint density at radius 3 is 2.45 bits per heavy atom. The molecule has 0 fully saturated rings. The van der Waals surface area contributed by atoms with Gasteiger partial charge in [-0.15, -0.1) is 0 Å². The zero-order valence-electron chi connectivity index (χ0n) is 11.5. The topological polar surface area (TPSA) is 122 Å². The Morgan fingerprint density at radius 2 is 1.91 bits per heavy atom. The molecule has 1 aromatic carbocycles. The van der Waals surface area contributed by atoms with Crippen LogP contribution in [0.1, 0.15) is 6.92 Å². The fourth-order valence-corrected chi connectivity index (χ4v) is 3.81. The quantitative estimate of drug-likeness (QED) is 0.656. The molecular weight excluding hydrogens is 382 g/mol. The third kappa shape index (κ3) is 3.51. The first-order chi connectivity index (χ1) is 10.1. The highest BCUT2D eigenvalue weighted by Gasteiger charge is 2.32. The first-order valence-electron chi connectivity index (χ1n) is 6.18. The molecule has 8 nitrogen and oxygen atoms in total. The standard InChI is InChI=1S/C12H14BrNO7S/c1-12(17,11(15)16)6-14-22(18,19)10-5-9-8(4-7(10)13)20-2-3-21-9/h4-5,14,17H,2-3,6H2,1H3,(H,15,16). The van der Waals surface area contributed by atoms with E-state index < -0.39 is 28.1 Å². The minimum atomic E-state index is -4.05. The number of aliphatic carboxylic acids is 1. The van der Waals surface area contributed by atoms with Crippen molar-refractivity contribution in [3.63, 3.8) is 0 Å². The van der Waals surface area contributed by atoms with E-state index in [0.717, 1.165) is 6.92 Å². The smallest absolute Gasteiger partial charge is 0.336 e. The van der Waals surface area contributed by atoms with Crippen LogP contribution in [0.4, 0.5) is 0 Å². The van der Waals surface area contributed by atoms with Gasteiger partial charge in [0, 0.05) is 10.5 Å². The van der Waals surface area contributed by atoms with Gasteiger partial charge in [0.05, 0.1) is 6.54 Å². The van der Waals surface area contributed by atoms with Crippen LogP contribution < -0.4 is 14.2 Å². The second-order valence-electron chi connectivity index (χ2n) is 4.83. The van der Waals surface area contributed by atoms with Crippen molar-refractivity contribution in [2.24, 2.45) is 0 Å². The van der Waals surface area contributed by atoms with Crippen molar-refractivity contribution in [3.05, 3.63) is 16.6 Å². The fraction of sp³-hybridized carbons (Fsp3) is 0.417. The summed E-state index contributed by atoms with van der Waals surface area (Å²) in [5.41, 5.74) is -2.21. The molecule has 1 unspecified atom stereocenters. The number of halogens is 1. The van der Waals surface area contributed by atoms with Gasteiger partial charge in [-0.05, 0) is 28.9 Å². The average molecular weight is 396 g/mol. The van der Waals surface area contributed by atoms with Crippen LogP contribution in [0.25, 0.3) is 0 Å². The minimum Gasteiger partial charge on any atom is -0.486 e. The van der Waals surface area contributed by atoms with E-state index in [1.807, 2.05) is 0 Å². The number of benzene rings is 1. The van der Waals surface area contributed by atoms with E-state index in [-0.39, 0.29) is 15.1 Å². The predicted molar refractivity (Wildman–Crippen MR) is 78.6 cm³/mol. The summed E-state index contributed by atoms with van der Waals surface area (Å²) in [6.45, 7) is 0.989. The molecule has 2 rings (SSSR count). The van der Waals surface area contributed by atoms with Crippen molar-refractivity contribution in [1.29, 1.82) is 0 Å². The van der Waals surface area contributed by atoms with Crippen molar-refractivity contribution in [1.82, 2.24) is 4.72 Å². The second-order valence-corrected chi connectivity index (χ2v) is 7.42. The van der Waals surface area contributed by atoms with Gasteiger partial charge in [-0.1, -0.05) is 0 Å². The molecule has 122 valence electrons. The summed E-state index contributed by atoms with van der Waals surface area (Å²) in [6.07, 6.45) is 0. The van der Waals surface area contributed by atoms with Crippen LogP contribution >= 0.6 is 15.9 Å². The van der Waals surface area contributed by atoms with E-state index >= 15 is 0 Å². The Hall–Kier alpha value is -1.36. The van der Waals surface area contributed by atoms with Gasteiger partial charge in [0.1, 0.15) is 18.1 Å². The Morgan fingerprint density at radius 1 is 1.36 bits per heavy atom. The van der Waals surface area contributed by atoms with Crippen molar-refractivity contribution in [3.8, 4) is 11.5 Å². The van der Waals surface area contributed by atoms with E-state index in [1.54, 1.807) is 0 Å². The number of carboxylic acids is 1. The van der Waals surface area contributed by atoms with Crippen LogP contribution in [-0.2, 0) is 14.8 Å². The molecule has 1 atom stereocenters. The molecule has 0 radical (unpaired) electrons. The third-order valence-corrected chi connectivity index (χ3v) is 5.31. The molecule has 1 heterocycles. The van der Waals surface area contributed by atoms with E-state index in [9.17, 15) is 18.3 Å². The largest absolute Gasteiger partial charge is 0.486 e. The molecule has 1 aliphatic heterocycles. The van der Waals surface area contributed by atoms with Crippen LogP contribution in [0.5, 0.6) is 11.5 Å². The molecule has 0 saturated heterocycles. The summed E-state index contributed by atoms with van der Waals surface area (Å²) in [4.78, 5) is 10.7. The highest BCUT2D eigenvalue weighted by molar-refractivity contribution is 9.10.